The van der Waals surface area contributed by atoms with Gasteiger partial charge in [-0.1, -0.05) is 18.6 Å². The van der Waals surface area contributed by atoms with Gasteiger partial charge in [-0.15, -0.1) is 24.0 Å². The van der Waals surface area contributed by atoms with Crippen molar-refractivity contribution in [3.8, 4) is 0 Å². The van der Waals surface area contributed by atoms with Gasteiger partial charge in [0.1, 0.15) is 0 Å². The number of halogens is 1. The maximum absolute atomic E-state index is 11.7. The maximum atomic E-state index is 11.7. The Balaban J connectivity index is 0.00000242. The second kappa shape index (κ2) is 8.68. The van der Waals surface area contributed by atoms with E-state index in [1.165, 1.54) is 26.3 Å². The summed E-state index contributed by atoms with van der Waals surface area (Å²) in [4.78, 5) is 4.48. The second-order valence-corrected chi connectivity index (χ2v) is 7.12. The Hall–Kier alpha value is -0.870. The number of hydrogen-bond acceptors (Lipinski definition) is 3. The van der Waals surface area contributed by atoms with E-state index in [2.05, 4.69) is 15.0 Å². The molecule has 0 aromatic heterocycles. The van der Waals surface area contributed by atoms with Crippen LogP contribution in [0.1, 0.15) is 24.8 Å². The van der Waals surface area contributed by atoms with Gasteiger partial charge in [-0.2, -0.15) is 0 Å². The highest BCUT2D eigenvalue weighted by atomic mass is 127. The van der Waals surface area contributed by atoms with Crippen molar-refractivity contribution in [2.24, 2.45) is 16.6 Å². The fraction of sp³-hybridized carbons (Fsp3) is 0.500. The number of nitrogens with one attached hydrogen (secondary N) is 2. The Morgan fingerprint density at radius 3 is 2.73 bits per heavy atom. The molecule has 0 aliphatic heterocycles. The normalized spacial score (nSPS) is 15.8. The van der Waals surface area contributed by atoms with Crippen molar-refractivity contribution in [1.82, 2.24) is 10.0 Å². The molecule has 2 rings (SSSR count). The number of hydrogen-bond donors (Lipinski definition) is 3. The zero-order valence-electron chi connectivity index (χ0n) is 12.6. The van der Waals surface area contributed by atoms with Crippen LogP contribution in [0.3, 0.4) is 0 Å². The summed E-state index contributed by atoms with van der Waals surface area (Å²) in [6.07, 6.45) is 3.81. The van der Waals surface area contributed by atoms with Crippen LogP contribution in [-0.4, -0.2) is 28.0 Å². The molecule has 1 aliphatic rings. The third kappa shape index (κ3) is 5.40. The minimum Gasteiger partial charge on any atom is -0.370 e. The lowest BCUT2D eigenvalue weighted by Crippen LogP contribution is -2.37. The Morgan fingerprint density at radius 2 is 2.14 bits per heavy atom. The van der Waals surface area contributed by atoms with Crippen molar-refractivity contribution >= 4 is 40.0 Å². The van der Waals surface area contributed by atoms with E-state index in [1.54, 1.807) is 18.2 Å². The number of aliphatic imine (C=N–C) groups is 1. The van der Waals surface area contributed by atoms with Crippen molar-refractivity contribution in [3.63, 3.8) is 0 Å². The molecule has 0 heterocycles. The molecule has 6 nitrogen and oxygen atoms in total. The molecule has 124 valence electrons. The van der Waals surface area contributed by atoms with Gasteiger partial charge in [-0.3, -0.25) is 0 Å². The second-order valence-electron chi connectivity index (χ2n) is 5.23. The highest BCUT2D eigenvalue weighted by Crippen LogP contribution is 2.24. The fourth-order valence-electron chi connectivity index (χ4n) is 2.11. The number of sulfonamides is 1. The van der Waals surface area contributed by atoms with Gasteiger partial charge < -0.3 is 11.1 Å². The minimum atomic E-state index is -3.42. The molecule has 1 fully saturated rings. The standard InChI is InChI=1S/C14H22N4O2S.HI/c1-16-21(19,20)13-7-3-6-12(8-13)10-18-14(15)17-9-11-4-2-5-11;/h3,6-8,11,16H,2,4-5,9-10H2,1H3,(H3,15,17,18);1H. The third-order valence-corrected chi connectivity index (χ3v) is 5.12. The molecule has 1 saturated carbocycles. The molecule has 0 unspecified atom stereocenters. The van der Waals surface area contributed by atoms with Gasteiger partial charge in [0.25, 0.3) is 0 Å². The molecule has 0 spiro atoms. The van der Waals surface area contributed by atoms with Crippen molar-refractivity contribution in [2.75, 3.05) is 13.6 Å². The summed E-state index contributed by atoms with van der Waals surface area (Å²) in [7, 11) is -2.03. The van der Waals surface area contributed by atoms with Crippen LogP contribution in [0.25, 0.3) is 0 Å². The summed E-state index contributed by atoms with van der Waals surface area (Å²) in [5.41, 5.74) is 6.61. The van der Waals surface area contributed by atoms with Crippen molar-refractivity contribution in [1.29, 1.82) is 0 Å². The molecule has 8 heteroatoms. The SMILES string of the molecule is CNS(=O)(=O)c1cccc(CN=C(N)NCC2CCC2)c1.I. The third-order valence-electron chi connectivity index (χ3n) is 3.71. The first-order valence-corrected chi connectivity index (χ1v) is 8.56. The molecule has 22 heavy (non-hydrogen) atoms. The average molecular weight is 438 g/mol. The van der Waals surface area contributed by atoms with Gasteiger partial charge in [0.15, 0.2) is 5.96 Å². The number of benzene rings is 1. The lowest BCUT2D eigenvalue weighted by Gasteiger charge is -2.25. The highest BCUT2D eigenvalue weighted by molar-refractivity contribution is 14.0. The molecule has 0 amide bonds. The highest BCUT2D eigenvalue weighted by Gasteiger charge is 2.16. The summed E-state index contributed by atoms with van der Waals surface area (Å²) in [5, 5.41) is 3.11. The van der Waals surface area contributed by atoms with Gasteiger partial charge in [-0.05, 0) is 43.5 Å². The van der Waals surface area contributed by atoms with Gasteiger partial charge in [-0.25, -0.2) is 18.1 Å². The molecule has 1 aromatic carbocycles. The van der Waals surface area contributed by atoms with Crippen LogP contribution in [0.15, 0.2) is 34.2 Å². The first kappa shape index (κ1) is 19.2. The first-order chi connectivity index (χ1) is 10.0. The zero-order chi connectivity index (χ0) is 15.3. The Morgan fingerprint density at radius 1 is 1.41 bits per heavy atom. The molecular weight excluding hydrogens is 415 g/mol. The van der Waals surface area contributed by atoms with Crippen molar-refractivity contribution < 1.29 is 8.42 Å². The van der Waals surface area contributed by atoms with Crippen molar-refractivity contribution in [2.45, 2.75) is 30.7 Å². The van der Waals surface area contributed by atoms with Gasteiger partial charge in [0, 0.05) is 6.54 Å². The van der Waals surface area contributed by atoms with E-state index in [0.29, 0.717) is 18.4 Å². The molecule has 1 aliphatic carbocycles. The van der Waals surface area contributed by atoms with Crippen LogP contribution >= 0.6 is 24.0 Å². The zero-order valence-corrected chi connectivity index (χ0v) is 15.7. The minimum absolute atomic E-state index is 0. The van der Waals surface area contributed by atoms with E-state index in [1.807, 2.05) is 6.07 Å². The summed E-state index contributed by atoms with van der Waals surface area (Å²) in [6.45, 7) is 1.22. The molecule has 0 bridgehead atoms. The summed E-state index contributed by atoms with van der Waals surface area (Å²) < 4.78 is 25.7. The number of nitrogens with two attached hydrogens (primary N) is 1. The fourth-order valence-corrected chi connectivity index (χ4v) is 2.91. The molecule has 0 radical (unpaired) electrons. The quantitative estimate of drug-likeness (QED) is 0.356. The molecule has 0 atom stereocenters. The lowest BCUT2D eigenvalue weighted by atomic mass is 9.85. The van der Waals surface area contributed by atoms with E-state index < -0.39 is 10.0 Å². The van der Waals surface area contributed by atoms with E-state index >= 15 is 0 Å². The number of nitrogens with zero attached hydrogens (tertiary/aromatic N) is 1. The maximum Gasteiger partial charge on any atom is 0.240 e. The molecular formula is C14H23IN4O2S. The average Bonchev–Trinajstić information content (AvgIpc) is 2.44. The predicted molar refractivity (Wildman–Crippen MR) is 98.8 cm³/mol. The van der Waals surface area contributed by atoms with Crippen molar-refractivity contribution in [3.05, 3.63) is 29.8 Å². The largest absolute Gasteiger partial charge is 0.370 e. The van der Waals surface area contributed by atoms with Crippen LogP contribution < -0.4 is 15.8 Å². The summed E-state index contributed by atoms with van der Waals surface area (Å²) in [6, 6.07) is 6.69. The van der Waals surface area contributed by atoms with Crippen LogP contribution in [0.5, 0.6) is 0 Å². The van der Waals surface area contributed by atoms with Crippen LogP contribution in [-0.2, 0) is 16.6 Å². The molecule has 0 saturated heterocycles. The molecule has 1 aromatic rings. The smallest absolute Gasteiger partial charge is 0.240 e. The number of guanidine groups is 1. The summed E-state index contributed by atoms with van der Waals surface area (Å²) >= 11 is 0. The van der Waals surface area contributed by atoms with Crippen LogP contribution in [0.4, 0.5) is 0 Å². The first-order valence-electron chi connectivity index (χ1n) is 7.07. The van der Waals surface area contributed by atoms with E-state index in [9.17, 15) is 8.42 Å². The van der Waals surface area contributed by atoms with E-state index in [0.717, 1.165) is 12.1 Å². The van der Waals surface area contributed by atoms with Crippen LogP contribution in [0, 0.1) is 5.92 Å². The Labute approximate surface area is 149 Å². The Bertz CT molecular complexity index is 615. The predicted octanol–water partition coefficient (Wildman–Crippen LogP) is 1.42. The molecule has 4 N–H and O–H groups in total. The summed E-state index contributed by atoms with van der Waals surface area (Å²) in [5.74, 6) is 1.12. The van der Waals surface area contributed by atoms with Gasteiger partial charge >= 0.3 is 0 Å². The monoisotopic (exact) mass is 438 g/mol. The lowest BCUT2D eigenvalue weighted by molar-refractivity contribution is 0.315. The van der Waals surface area contributed by atoms with E-state index in [-0.39, 0.29) is 28.9 Å². The van der Waals surface area contributed by atoms with Gasteiger partial charge in [0.2, 0.25) is 10.0 Å². The number of rotatable bonds is 6. The van der Waals surface area contributed by atoms with E-state index in [4.69, 9.17) is 5.73 Å². The Kier molecular flexibility index (Phi) is 7.57. The van der Waals surface area contributed by atoms with Crippen LogP contribution in [0.2, 0.25) is 0 Å². The topological polar surface area (TPSA) is 96.6 Å². The van der Waals surface area contributed by atoms with Gasteiger partial charge in [0.05, 0.1) is 11.4 Å².